The zero-order valence-corrected chi connectivity index (χ0v) is 23.0. The maximum atomic E-state index is 6.63. The standard InChI is InChI=1S/C29H50N6/c1-7-15-34-17-13-27(14-18-34)31-29(32(4)5)19-28(30)24(3)33(6)20-23(2)21-35-16-12-25-10-8-9-11-26(25)22-35/h8-11,19,23,27-28,31H,3,7,12-18,20-22,30H2,1-2,4-6H3/b29-19-. The van der Waals surface area contributed by atoms with Crippen molar-refractivity contribution in [2.45, 2.75) is 58.2 Å². The van der Waals surface area contributed by atoms with Gasteiger partial charge < -0.3 is 25.8 Å². The molecule has 3 N–H and O–H groups in total. The third kappa shape index (κ3) is 8.26. The van der Waals surface area contributed by atoms with Crippen LogP contribution in [0, 0.1) is 5.92 Å². The van der Waals surface area contributed by atoms with Gasteiger partial charge in [0.2, 0.25) is 0 Å². The van der Waals surface area contributed by atoms with Gasteiger partial charge in [-0.25, -0.2) is 0 Å². The van der Waals surface area contributed by atoms with Crippen LogP contribution in [0.5, 0.6) is 0 Å². The third-order valence-corrected chi connectivity index (χ3v) is 7.54. The Labute approximate surface area is 214 Å². The molecular weight excluding hydrogens is 432 g/mol. The first-order valence-corrected chi connectivity index (χ1v) is 13.6. The van der Waals surface area contributed by atoms with E-state index in [1.165, 1.54) is 50.0 Å². The quantitative estimate of drug-likeness (QED) is 0.477. The number of likely N-dealkylation sites (tertiary alicyclic amines) is 1. The second-order valence-corrected chi connectivity index (χ2v) is 11.0. The number of fused-ring (bicyclic) bond motifs is 1. The van der Waals surface area contributed by atoms with Gasteiger partial charge >= 0.3 is 0 Å². The van der Waals surface area contributed by atoms with E-state index < -0.39 is 0 Å². The van der Waals surface area contributed by atoms with Crippen molar-refractivity contribution in [2.75, 3.05) is 60.4 Å². The summed E-state index contributed by atoms with van der Waals surface area (Å²) in [4.78, 5) is 9.55. The van der Waals surface area contributed by atoms with E-state index in [-0.39, 0.29) is 6.04 Å². The Kier molecular flexibility index (Phi) is 10.5. The van der Waals surface area contributed by atoms with E-state index >= 15 is 0 Å². The van der Waals surface area contributed by atoms with Crippen molar-refractivity contribution in [1.29, 1.82) is 0 Å². The van der Waals surface area contributed by atoms with Crippen LogP contribution in [0.1, 0.15) is 44.2 Å². The van der Waals surface area contributed by atoms with E-state index in [0.717, 1.165) is 44.1 Å². The number of hydrogen-bond donors (Lipinski definition) is 2. The van der Waals surface area contributed by atoms with Gasteiger partial charge in [0.15, 0.2) is 0 Å². The van der Waals surface area contributed by atoms with Crippen molar-refractivity contribution in [2.24, 2.45) is 11.7 Å². The van der Waals surface area contributed by atoms with Crippen molar-refractivity contribution in [3.05, 3.63) is 59.6 Å². The number of rotatable bonds is 12. The molecule has 6 nitrogen and oxygen atoms in total. The van der Waals surface area contributed by atoms with Crippen LogP contribution in [-0.2, 0) is 13.0 Å². The Bertz CT molecular complexity index is 826. The van der Waals surface area contributed by atoms with Crippen molar-refractivity contribution in [3.63, 3.8) is 0 Å². The Hall–Kier alpha value is -2.02. The highest BCUT2D eigenvalue weighted by Gasteiger charge is 2.22. The van der Waals surface area contributed by atoms with E-state index in [0.29, 0.717) is 12.0 Å². The Balaban J connectivity index is 1.48. The largest absolute Gasteiger partial charge is 0.377 e. The second-order valence-electron chi connectivity index (χ2n) is 11.0. The van der Waals surface area contributed by atoms with Gasteiger partial charge in [-0.3, -0.25) is 4.90 Å². The van der Waals surface area contributed by atoms with Crippen molar-refractivity contribution in [3.8, 4) is 0 Å². The molecule has 3 rings (SSSR count). The van der Waals surface area contributed by atoms with Gasteiger partial charge in [0.25, 0.3) is 0 Å². The lowest BCUT2D eigenvalue weighted by Crippen LogP contribution is -2.45. The summed E-state index contributed by atoms with van der Waals surface area (Å²) in [6, 6.07) is 9.16. The fourth-order valence-corrected chi connectivity index (χ4v) is 5.47. The highest BCUT2D eigenvalue weighted by molar-refractivity contribution is 5.29. The van der Waals surface area contributed by atoms with Crippen LogP contribution in [0.4, 0.5) is 0 Å². The summed E-state index contributed by atoms with van der Waals surface area (Å²) < 4.78 is 0. The molecule has 0 amide bonds. The lowest BCUT2D eigenvalue weighted by Gasteiger charge is -2.35. The van der Waals surface area contributed by atoms with Gasteiger partial charge in [-0.05, 0) is 55.3 Å². The molecule has 0 radical (unpaired) electrons. The van der Waals surface area contributed by atoms with Gasteiger partial charge in [0.1, 0.15) is 0 Å². The average molecular weight is 483 g/mol. The monoisotopic (exact) mass is 482 g/mol. The number of likely N-dealkylation sites (N-methyl/N-ethyl adjacent to an activating group) is 1. The number of nitrogens with one attached hydrogen (secondary N) is 1. The minimum absolute atomic E-state index is 0.209. The van der Waals surface area contributed by atoms with Crippen molar-refractivity contribution < 1.29 is 0 Å². The van der Waals surface area contributed by atoms with Crippen LogP contribution < -0.4 is 11.1 Å². The summed E-state index contributed by atoms with van der Waals surface area (Å²) in [6.45, 7) is 16.8. The maximum absolute atomic E-state index is 6.63. The molecule has 0 saturated carbocycles. The van der Waals surface area contributed by atoms with Crippen LogP contribution in [0.25, 0.3) is 0 Å². The zero-order valence-electron chi connectivity index (χ0n) is 23.0. The fourth-order valence-electron chi connectivity index (χ4n) is 5.47. The second kappa shape index (κ2) is 13.3. The first kappa shape index (κ1) is 27.6. The third-order valence-electron chi connectivity index (χ3n) is 7.54. The SMILES string of the molecule is C=C(C(N)/C=C(/NC1CCN(CCC)CC1)N(C)C)N(C)CC(C)CN1CCc2ccccc2C1. The Morgan fingerprint density at radius 3 is 2.49 bits per heavy atom. The van der Waals surface area contributed by atoms with Crippen molar-refractivity contribution in [1.82, 2.24) is 24.9 Å². The van der Waals surface area contributed by atoms with Gasteiger partial charge in [-0.15, -0.1) is 0 Å². The molecule has 6 heteroatoms. The fraction of sp³-hybridized carbons (Fsp3) is 0.655. The van der Waals surface area contributed by atoms with Crippen LogP contribution in [0.2, 0.25) is 0 Å². The highest BCUT2D eigenvalue weighted by atomic mass is 15.2. The molecule has 2 atom stereocenters. The van der Waals surface area contributed by atoms with E-state index in [1.807, 2.05) is 0 Å². The number of hydrogen-bond acceptors (Lipinski definition) is 6. The Morgan fingerprint density at radius 1 is 1.14 bits per heavy atom. The van der Waals surface area contributed by atoms with Gasteiger partial charge in [0, 0.05) is 72.2 Å². The van der Waals surface area contributed by atoms with Gasteiger partial charge in [0.05, 0.1) is 11.9 Å². The highest BCUT2D eigenvalue weighted by Crippen LogP contribution is 2.20. The molecule has 1 saturated heterocycles. The number of nitrogens with zero attached hydrogens (tertiary/aromatic N) is 4. The van der Waals surface area contributed by atoms with E-state index in [1.54, 1.807) is 0 Å². The Morgan fingerprint density at radius 2 is 1.83 bits per heavy atom. The van der Waals surface area contributed by atoms with Crippen LogP contribution in [0.3, 0.4) is 0 Å². The topological polar surface area (TPSA) is 51.0 Å². The normalized spacial score (nSPS) is 19.7. The number of piperidine rings is 1. The van der Waals surface area contributed by atoms with Gasteiger partial charge in [-0.2, -0.15) is 0 Å². The molecule has 196 valence electrons. The molecule has 0 aromatic heterocycles. The van der Waals surface area contributed by atoms with Crippen LogP contribution >= 0.6 is 0 Å². The molecule has 0 aliphatic carbocycles. The lowest BCUT2D eigenvalue weighted by molar-refractivity contribution is 0.197. The minimum atomic E-state index is -0.209. The summed E-state index contributed by atoms with van der Waals surface area (Å²) in [5.74, 6) is 1.64. The van der Waals surface area contributed by atoms with E-state index in [4.69, 9.17) is 5.73 Å². The molecule has 2 unspecified atom stereocenters. The predicted molar refractivity (Wildman–Crippen MR) is 149 cm³/mol. The molecule has 1 aromatic carbocycles. The molecule has 1 aromatic rings. The molecule has 0 bridgehead atoms. The molecule has 2 aliphatic rings. The van der Waals surface area contributed by atoms with Crippen LogP contribution in [0.15, 0.2) is 48.4 Å². The first-order valence-electron chi connectivity index (χ1n) is 13.6. The summed E-state index contributed by atoms with van der Waals surface area (Å²) in [7, 11) is 6.30. The minimum Gasteiger partial charge on any atom is -0.377 e. The molecule has 2 aliphatic heterocycles. The molecular formula is C29H50N6. The average Bonchev–Trinajstić information content (AvgIpc) is 2.84. The molecule has 1 fully saturated rings. The molecule has 2 heterocycles. The molecule has 35 heavy (non-hydrogen) atoms. The molecule has 0 spiro atoms. The van der Waals surface area contributed by atoms with E-state index in [9.17, 15) is 0 Å². The summed E-state index contributed by atoms with van der Waals surface area (Å²) in [6.07, 6.45) is 6.89. The number of benzene rings is 1. The van der Waals surface area contributed by atoms with Gasteiger partial charge in [-0.1, -0.05) is 44.7 Å². The van der Waals surface area contributed by atoms with Crippen LogP contribution in [-0.4, -0.2) is 92.1 Å². The van der Waals surface area contributed by atoms with E-state index in [2.05, 4.69) is 96.8 Å². The summed E-state index contributed by atoms with van der Waals surface area (Å²) in [5.41, 5.74) is 10.6. The summed E-state index contributed by atoms with van der Waals surface area (Å²) in [5, 5.41) is 3.76. The zero-order chi connectivity index (χ0) is 25.4. The summed E-state index contributed by atoms with van der Waals surface area (Å²) >= 11 is 0. The first-order chi connectivity index (χ1) is 16.8. The predicted octanol–water partition coefficient (Wildman–Crippen LogP) is 3.32. The lowest BCUT2D eigenvalue weighted by atomic mass is 9.99. The maximum Gasteiger partial charge on any atom is 0.0988 e. The van der Waals surface area contributed by atoms with Crippen molar-refractivity contribution >= 4 is 0 Å². The smallest absolute Gasteiger partial charge is 0.0988 e. The number of nitrogens with two attached hydrogens (primary N) is 1.